The quantitative estimate of drug-likeness (QED) is 0.809. The molecular weight excluding hydrogens is 296 g/mol. The van der Waals surface area contributed by atoms with Gasteiger partial charge in [-0.1, -0.05) is 26.2 Å². The topological polar surface area (TPSA) is 86.7 Å². The van der Waals surface area contributed by atoms with E-state index in [1.54, 1.807) is 0 Å². The molecule has 0 radical (unpaired) electrons. The van der Waals surface area contributed by atoms with Gasteiger partial charge in [-0.25, -0.2) is 4.79 Å². The molecule has 6 nitrogen and oxygen atoms in total. The van der Waals surface area contributed by atoms with Gasteiger partial charge in [0.1, 0.15) is 5.54 Å². The summed E-state index contributed by atoms with van der Waals surface area (Å²) in [5.41, 5.74) is -1.08. The maximum absolute atomic E-state index is 12.5. The second kappa shape index (κ2) is 7.79. The lowest BCUT2D eigenvalue weighted by atomic mass is 9.81. The van der Waals surface area contributed by atoms with Crippen LogP contribution >= 0.6 is 0 Å². The van der Waals surface area contributed by atoms with Crippen LogP contribution < -0.4 is 5.32 Å². The molecule has 0 unspecified atom stereocenters. The first-order valence-electron chi connectivity index (χ1n) is 8.81. The van der Waals surface area contributed by atoms with Gasteiger partial charge in [-0.2, -0.15) is 0 Å². The number of hydrogen-bond acceptors (Lipinski definition) is 3. The van der Waals surface area contributed by atoms with E-state index in [1.165, 1.54) is 0 Å². The second-order valence-corrected chi connectivity index (χ2v) is 6.84. The zero-order valence-electron chi connectivity index (χ0n) is 14.0. The lowest BCUT2D eigenvalue weighted by Gasteiger charge is -2.37. The third kappa shape index (κ3) is 4.24. The molecule has 1 aliphatic heterocycles. The van der Waals surface area contributed by atoms with Crippen LogP contribution in [0.25, 0.3) is 0 Å². The van der Waals surface area contributed by atoms with Gasteiger partial charge in [0.15, 0.2) is 0 Å². The first-order valence-corrected chi connectivity index (χ1v) is 8.81. The molecule has 130 valence electrons. The SMILES string of the molecule is CCCC(=O)N1CCC(C(=O)NC2(C(=O)O)CCCCC2)CC1. The molecule has 6 heteroatoms. The minimum Gasteiger partial charge on any atom is -0.480 e. The van der Waals surface area contributed by atoms with Crippen LogP contribution in [0.15, 0.2) is 0 Å². The van der Waals surface area contributed by atoms with Crippen LogP contribution in [0, 0.1) is 5.92 Å². The van der Waals surface area contributed by atoms with Gasteiger partial charge < -0.3 is 15.3 Å². The van der Waals surface area contributed by atoms with Crippen molar-refractivity contribution in [2.75, 3.05) is 13.1 Å². The Morgan fingerprint density at radius 2 is 1.74 bits per heavy atom. The number of piperidine rings is 1. The molecule has 0 aromatic carbocycles. The summed E-state index contributed by atoms with van der Waals surface area (Å²) < 4.78 is 0. The molecular formula is C17H28N2O4. The van der Waals surface area contributed by atoms with Gasteiger partial charge in [0.05, 0.1) is 0 Å². The monoisotopic (exact) mass is 324 g/mol. The molecule has 2 N–H and O–H groups in total. The first-order chi connectivity index (χ1) is 11.0. The molecule has 0 spiro atoms. The number of likely N-dealkylation sites (tertiary alicyclic amines) is 1. The Balaban J connectivity index is 1.89. The molecule has 0 aromatic rings. The van der Waals surface area contributed by atoms with Crippen molar-refractivity contribution in [1.82, 2.24) is 10.2 Å². The van der Waals surface area contributed by atoms with E-state index in [1.807, 2.05) is 11.8 Å². The highest BCUT2D eigenvalue weighted by molar-refractivity contribution is 5.88. The Labute approximate surface area is 137 Å². The highest BCUT2D eigenvalue weighted by Gasteiger charge is 2.42. The first kappa shape index (κ1) is 17.8. The second-order valence-electron chi connectivity index (χ2n) is 6.84. The van der Waals surface area contributed by atoms with Crippen molar-refractivity contribution < 1.29 is 19.5 Å². The van der Waals surface area contributed by atoms with Gasteiger partial charge in [0.2, 0.25) is 11.8 Å². The lowest BCUT2D eigenvalue weighted by Crippen LogP contribution is -2.57. The van der Waals surface area contributed by atoms with E-state index < -0.39 is 11.5 Å². The summed E-state index contributed by atoms with van der Waals surface area (Å²) in [6, 6.07) is 0. The molecule has 2 amide bonds. The molecule has 23 heavy (non-hydrogen) atoms. The molecule has 1 heterocycles. The third-order valence-corrected chi connectivity index (χ3v) is 5.16. The van der Waals surface area contributed by atoms with Crippen molar-refractivity contribution in [3.63, 3.8) is 0 Å². The number of rotatable bonds is 5. The zero-order valence-corrected chi connectivity index (χ0v) is 14.0. The van der Waals surface area contributed by atoms with Gasteiger partial charge in [0, 0.05) is 25.4 Å². The third-order valence-electron chi connectivity index (χ3n) is 5.16. The Morgan fingerprint density at radius 3 is 2.26 bits per heavy atom. The van der Waals surface area contributed by atoms with Crippen LogP contribution in [-0.4, -0.2) is 46.4 Å². The number of nitrogens with zero attached hydrogens (tertiary/aromatic N) is 1. The van der Waals surface area contributed by atoms with E-state index in [0.29, 0.717) is 45.2 Å². The summed E-state index contributed by atoms with van der Waals surface area (Å²) in [6.07, 6.45) is 6.38. The largest absolute Gasteiger partial charge is 0.480 e. The predicted octanol–water partition coefficient (Wildman–Crippen LogP) is 1.93. The molecule has 2 aliphatic rings. The minimum atomic E-state index is -1.08. The van der Waals surface area contributed by atoms with Crippen LogP contribution in [0.1, 0.15) is 64.7 Å². The van der Waals surface area contributed by atoms with Crippen molar-refractivity contribution in [3.05, 3.63) is 0 Å². The number of carbonyl (C=O) groups excluding carboxylic acids is 2. The Kier molecular flexibility index (Phi) is 6.02. The normalized spacial score (nSPS) is 21.7. The van der Waals surface area contributed by atoms with Gasteiger partial charge in [0.25, 0.3) is 0 Å². The van der Waals surface area contributed by atoms with Crippen molar-refractivity contribution in [2.24, 2.45) is 5.92 Å². The Bertz CT molecular complexity index is 450. The molecule has 2 rings (SSSR count). The molecule has 1 saturated heterocycles. The number of carbonyl (C=O) groups is 3. The fraction of sp³-hybridized carbons (Fsp3) is 0.824. The van der Waals surface area contributed by atoms with E-state index in [2.05, 4.69) is 5.32 Å². The molecule has 0 aromatic heterocycles. The Hall–Kier alpha value is -1.59. The summed E-state index contributed by atoms with van der Waals surface area (Å²) in [5.74, 6) is -1.10. The van der Waals surface area contributed by atoms with E-state index in [9.17, 15) is 19.5 Å². The predicted molar refractivity (Wildman–Crippen MR) is 85.8 cm³/mol. The Morgan fingerprint density at radius 1 is 1.13 bits per heavy atom. The lowest BCUT2D eigenvalue weighted by molar-refractivity contribution is -0.150. The van der Waals surface area contributed by atoms with E-state index in [0.717, 1.165) is 25.7 Å². The summed E-state index contributed by atoms with van der Waals surface area (Å²) in [6.45, 7) is 3.17. The maximum Gasteiger partial charge on any atom is 0.329 e. The minimum absolute atomic E-state index is 0.153. The number of aliphatic carboxylic acids is 1. The fourth-order valence-electron chi connectivity index (χ4n) is 3.65. The summed E-state index contributed by atoms with van der Waals surface area (Å²) in [5, 5.41) is 12.4. The highest BCUT2D eigenvalue weighted by atomic mass is 16.4. The van der Waals surface area contributed by atoms with Crippen molar-refractivity contribution in [3.8, 4) is 0 Å². The average Bonchev–Trinajstić information content (AvgIpc) is 2.56. The van der Waals surface area contributed by atoms with E-state index in [-0.39, 0.29) is 17.7 Å². The maximum atomic E-state index is 12.5. The summed E-state index contributed by atoms with van der Waals surface area (Å²) in [7, 11) is 0. The summed E-state index contributed by atoms with van der Waals surface area (Å²) in [4.78, 5) is 37.8. The van der Waals surface area contributed by atoms with Crippen molar-refractivity contribution in [1.29, 1.82) is 0 Å². The number of hydrogen-bond donors (Lipinski definition) is 2. The summed E-state index contributed by atoms with van der Waals surface area (Å²) >= 11 is 0. The van der Waals surface area contributed by atoms with Crippen LogP contribution in [0.5, 0.6) is 0 Å². The van der Waals surface area contributed by atoms with Gasteiger partial charge >= 0.3 is 5.97 Å². The van der Waals surface area contributed by atoms with Crippen molar-refractivity contribution in [2.45, 2.75) is 70.3 Å². The van der Waals surface area contributed by atoms with Gasteiger partial charge in [-0.15, -0.1) is 0 Å². The van der Waals surface area contributed by atoms with Gasteiger partial charge in [-0.05, 0) is 32.1 Å². The van der Waals surface area contributed by atoms with Crippen LogP contribution in [0.3, 0.4) is 0 Å². The number of amides is 2. The molecule has 0 atom stereocenters. The number of carboxylic acid groups (broad SMARTS) is 1. The van der Waals surface area contributed by atoms with E-state index >= 15 is 0 Å². The zero-order chi connectivity index (χ0) is 16.9. The molecule has 1 aliphatic carbocycles. The molecule has 0 bridgehead atoms. The molecule has 2 fully saturated rings. The van der Waals surface area contributed by atoms with Crippen LogP contribution in [0.2, 0.25) is 0 Å². The van der Waals surface area contributed by atoms with Crippen molar-refractivity contribution >= 4 is 17.8 Å². The fourth-order valence-corrected chi connectivity index (χ4v) is 3.65. The highest BCUT2D eigenvalue weighted by Crippen LogP contribution is 2.29. The number of carboxylic acids is 1. The van der Waals surface area contributed by atoms with E-state index in [4.69, 9.17) is 0 Å². The molecule has 1 saturated carbocycles. The number of nitrogens with one attached hydrogen (secondary N) is 1. The average molecular weight is 324 g/mol. The standard InChI is InChI=1S/C17H28N2O4/c1-2-6-14(20)19-11-7-13(8-12-19)15(21)18-17(16(22)23)9-4-3-5-10-17/h13H,2-12H2,1H3,(H,18,21)(H,22,23). The van der Waals surface area contributed by atoms with Gasteiger partial charge in [-0.3, -0.25) is 9.59 Å². The smallest absolute Gasteiger partial charge is 0.329 e. The van der Waals surface area contributed by atoms with Crippen LogP contribution in [-0.2, 0) is 14.4 Å². The van der Waals surface area contributed by atoms with Crippen LogP contribution in [0.4, 0.5) is 0 Å².